The van der Waals surface area contributed by atoms with Crippen molar-refractivity contribution in [2.24, 2.45) is 17.6 Å². The van der Waals surface area contributed by atoms with E-state index in [9.17, 15) is 4.79 Å². The van der Waals surface area contributed by atoms with Crippen LogP contribution in [-0.4, -0.2) is 29.9 Å². The molecule has 3 nitrogen and oxygen atoms in total. The summed E-state index contributed by atoms with van der Waals surface area (Å²) in [5.41, 5.74) is 5.75. The van der Waals surface area contributed by atoms with Gasteiger partial charge >= 0.3 is 0 Å². The Morgan fingerprint density at radius 2 is 1.93 bits per heavy atom. The first-order valence-electron chi connectivity index (χ1n) is 5.59. The Bertz CT molecular complexity index is 195. The number of carbonyl (C=O) groups is 1. The molecule has 0 aliphatic carbocycles. The highest BCUT2D eigenvalue weighted by atomic mass is 16.2. The fraction of sp³-hybridized carbons (Fsp3) is 0.909. The maximum atomic E-state index is 11.8. The fourth-order valence-electron chi connectivity index (χ4n) is 2.25. The fourth-order valence-corrected chi connectivity index (χ4v) is 2.25. The predicted octanol–water partition coefficient (Wildman–Crippen LogP) is 1.23. The minimum Gasteiger partial charge on any atom is -0.341 e. The first-order valence-corrected chi connectivity index (χ1v) is 5.59. The minimum atomic E-state index is -0.299. The molecule has 1 aliphatic heterocycles. The normalized spacial score (nSPS) is 30.1. The van der Waals surface area contributed by atoms with E-state index < -0.39 is 0 Å². The average molecular weight is 198 g/mol. The average Bonchev–Trinajstić information content (AvgIpc) is 2.14. The lowest BCUT2D eigenvalue weighted by molar-refractivity contribution is -0.135. The molecule has 1 fully saturated rings. The molecule has 1 amide bonds. The van der Waals surface area contributed by atoms with E-state index in [-0.39, 0.29) is 11.9 Å². The van der Waals surface area contributed by atoms with Crippen LogP contribution >= 0.6 is 0 Å². The Morgan fingerprint density at radius 1 is 1.43 bits per heavy atom. The van der Waals surface area contributed by atoms with Crippen molar-refractivity contribution in [2.75, 3.05) is 13.1 Å². The Balaban J connectivity index is 2.54. The Hall–Kier alpha value is -0.570. The monoisotopic (exact) mass is 198 g/mol. The van der Waals surface area contributed by atoms with Gasteiger partial charge < -0.3 is 10.6 Å². The standard InChI is InChI=1S/C11H22N2O/c1-4-10(12)11(14)13-6-8(2)5-9(3)7-13/h8-10H,4-7,12H2,1-3H3/t8?,9?,10-/m1/s1. The molecule has 0 radical (unpaired) electrons. The number of nitrogens with zero attached hydrogens (tertiary/aromatic N) is 1. The van der Waals surface area contributed by atoms with E-state index in [1.165, 1.54) is 6.42 Å². The molecule has 0 aromatic rings. The van der Waals surface area contributed by atoms with Gasteiger partial charge in [0.15, 0.2) is 0 Å². The van der Waals surface area contributed by atoms with Gasteiger partial charge in [-0.25, -0.2) is 0 Å². The Kier molecular flexibility index (Phi) is 3.93. The van der Waals surface area contributed by atoms with E-state index in [1.807, 2.05) is 11.8 Å². The zero-order chi connectivity index (χ0) is 10.7. The largest absolute Gasteiger partial charge is 0.341 e. The van der Waals surface area contributed by atoms with Crippen molar-refractivity contribution < 1.29 is 4.79 Å². The number of carbonyl (C=O) groups excluding carboxylic acids is 1. The number of piperidine rings is 1. The summed E-state index contributed by atoms with van der Waals surface area (Å²) >= 11 is 0. The van der Waals surface area contributed by atoms with Gasteiger partial charge in [-0.15, -0.1) is 0 Å². The Labute approximate surface area is 86.6 Å². The second kappa shape index (κ2) is 4.78. The smallest absolute Gasteiger partial charge is 0.239 e. The Morgan fingerprint density at radius 3 is 2.36 bits per heavy atom. The van der Waals surface area contributed by atoms with Gasteiger partial charge in [-0.3, -0.25) is 4.79 Å². The molecular weight excluding hydrogens is 176 g/mol. The van der Waals surface area contributed by atoms with Crippen LogP contribution in [0, 0.1) is 11.8 Å². The van der Waals surface area contributed by atoms with Crippen molar-refractivity contribution in [2.45, 2.75) is 39.7 Å². The van der Waals surface area contributed by atoms with E-state index in [0.29, 0.717) is 11.8 Å². The van der Waals surface area contributed by atoms with Crippen molar-refractivity contribution in [3.63, 3.8) is 0 Å². The lowest BCUT2D eigenvalue weighted by Gasteiger charge is -2.36. The quantitative estimate of drug-likeness (QED) is 0.725. The molecule has 0 spiro atoms. The lowest BCUT2D eigenvalue weighted by atomic mass is 9.91. The minimum absolute atomic E-state index is 0.130. The van der Waals surface area contributed by atoms with Crippen LogP contribution in [0.2, 0.25) is 0 Å². The van der Waals surface area contributed by atoms with Crippen LogP contribution in [0.1, 0.15) is 33.6 Å². The topological polar surface area (TPSA) is 46.3 Å². The molecule has 14 heavy (non-hydrogen) atoms. The van der Waals surface area contributed by atoms with Crippen molar-refractivity contribution in [1.29, 1.82) is 0 Å². The van der Waals surface area contributed by atoms with E-state index in [2.05, 4.69) is 13.8 Å². The van der Waals surface area contributed by atoms with Crippen LogP contribution < -0.4 is 5.73 Å². The third-order valence-electron chi connectivity index (χ3n) is 2.94. The molecule has 0 bridgehead atoms. The number of likely N-dealkylation sites (tertiary alicyclic amines) is 1. The first-order chi connectivity index (χ1) is 6.54. The summed E-state index contributed by atoms with van der Waals surface area (Å²) in [5.74, 6) is 1.37. The number of amides is 1. The van der Waals surface area contributed by atoms with Crippen LogP contribution in [0.3, 0.4) is 0 Å². The van der Waals surface area contributed by atoms with E-state index in [1.54, 1.807) is 0 Å². The molecule has 1 aliphatic rings. The highest BCUT2D eigenvalue weighted by molar-refractivity contribution is 5.81. The molecular formula is C11H22N2O. The third-order valence-corrected chi connectivity index (χ3v) is 2.94. The molecule has 82 valence electrons. The molecule has 1 saturated heterocycles. The van der Waals surface area contributed by atoms with Gasteiger partial charge in [-0.1, -0.05) is 20.8 Å². The summed E-state index contributed by atoms with van der Waals surface area (Å²) in [5, 5.41) is 0. The summed E-state index contributed by atoms with van der Waals surface area (Å²) in [6.45, 7) is 8.13. The highest BCUT2D eigenvalue weighted by Crippen LogP contribution is 2.21. The SMILES string of the molecule is CC[C@@H](N)C(=O)N1CC(C)CC(C)C1. The van der Waals surface area contributed by atoms with Crippen LogP contribution in [0.4, 0.5) is 0 Å². The highest BCUT2D eigenvalue weighted by Gasteiger charge is 2.27. The number of nitrogens with two attached hydrogens (primary N) is 1. The van der Waals surface area contributed by atoms with E-state index in [4.69, 9.17) is 5.73 Å². The van der Waals surface area contributed by atoms with Gasteiger partial charge in [-0.05, 0) is 24.7 Å². The van der Waals surface area contributed by atoms with Crippen LogP contribution in [0.25, 0.3) is 0 Å². The second-order valence-corrected chi connectivity index (χ2v) is 4.70. The maximum absolute atomic E-state index is 11.8. The van der Waals surface area contributed by atoms with Crippen LogP contribution in [0.5, 0.6) is 0 Å². The van der Waals surface area contributed by atoms with Gasteiger partial charge in [0.05, 0.1) is 6.04 Å². The molecule has 3 atom stereocenters. The van der Waals surface area contributed by atoms with Gasteiger partial charge in [0.25, 0.3) is 0 Å². The van der Waals surface area contributed by atoms with Crippen LogP contribution in [-0.2, 0) is 4.79 Å². The number of hydrogen-bond donors (Lipinski definition) is 1. The van der Waals surface area contributed by atoms with Crippen molar-refractivity contribution in [3.8, 4) is 0 Å². The molecule has 0 aromatic heterocycles. The van der Waals surface area contributed by atoms with Crippen molar-refractivity contribution in [3.05, 3.63) is 0 Å². The van der Waals surface area contributed by atoms with Crippen molar-refractivity contribution >= 4 is 5.91 Å². The predicted molar refractivity (Wildman–Crippen MR) is 57.8 cm³/mol. The first kappa shape index (κ1) is 11.5. The summed E-state index contributed by atoms with van der Waals surface area (Å²) < 4.78 is 0. The van der Waals surface area contributed by atoms with Gasteiger partial charge in [-0.2, -0.15) is 0 Å². The summed E-state index contributed by atoms with van der Waals surface area (Å²) in [6.07, 6.45) is 1.96. The van der Waals surface area contributed by atoms with Crippen molar-refractivity contribution in [1.82, 2.24) is 4.90 Å². The number of rotatable bonds is 2. The lowest BCUT2D eigenvalue weighted by Crippen LogP contribution is -2.49. The molecule has 2 N–H and O–H groups in total. The summed E-state index contributed by atoms with van der Waals surface area (Å²) in [4.78, 5) is 13.8. The van der Waals surface area contributed by atoms with Gasteiger partial charge in [0, 0.05) is 13.1 Å². The maximum Gasteiger partial charge on any atom is 0.239 e. The third kappa shape index (κ3) is 2.71. The molecule has 0 aromatic carbocycles. The number of hydrogen-bond acceptors (Lipinski definition) is 2. The summed E-state index contributed by atoms with van der Waals surface area (Å²) in [6, 6.07) is -0.299. The molecule has 1 heterocycles. The van der Waals surface area contributed by atoms with Gasteiger partial charge in [0.1, 0.15) is 0 Å². The van der Waals surface area contributed by atoms with E-state index in [0.717, 1.165) is 19.5 Å². The molecule has 0 saturated carbocycles. The second-order valence-electron chi connectivity index (χ2n) is 4.70. The summed E-state index contributed by atoms with van der Waals surface area (Å²) in [7, 11) is 0. The van der Waals surface area contributed by atoms with E-state index >= 15 is 0 Å². The molecule has 2 unspecified atom stereocenters. The zero-order valence-electron chi connectivity index (χ0n) is 9.49. The van der Waals surface area contributed by atoms with Crippen LogP contribution in [0.15, 0.2) is 0 Å². The molecule has 3 heteroatoms. The molecule has 1 rings (SSSR count). The van der Waals surface area contributed by atoms with Gasteiger partial charge in [0.2, 0.25) is 5.91 Å². The zero-order valence-corrected chi connectivity index (χ0v) is 9.49.